The molecule has 0 atom stereocenters. The van der Waals surface area contributed by atoms with Crippen molar-refractivity contribution in [3.8, 4) is 11.1 Å². The number of ether oxygens (including phenoxy) is 1. The molecule has 11 heteroatoms. The van der Waals surface area contributed by atoms with Gasteiger partial charge in [0.2, 0.25) is 0 Å². The van der Waals surface area contributed by atoms with Gasteiger partial charge < -0.3 is 4.74 Å². The van der Waals surface area contributed by atoms with Crippen molar-refractivity contribution in [3.05, 3.63) is 53.8 Å². The Morgan fingerprint density at radius 3 is 2.13 bits per heavy atom. The Hall–Kier alpha value is -2.50. The largest absolute Gasteiger partial charge is 0.419 e. The molecule has 0 bridgehead atoms. The van der Waals surface area contributed by atoms with Crippen LogP contribution in [0, 0.1) is 5.82 Å². The molecule has 1 fully saturated rings. The van der Waals surface area contributed by atoms with Crippen LogP contribution in [0.1, 0.15) is 18.4 Å². The molecule has 3 rings (SSSR count). The molecule has 30 heavy (non-hydrogen) atoms. The van der Waals surface area contributed by atoms with Crippen molar-refractivity contribution in [3.63, 3.8) is 0 Å². The summed E-state index contributed by atoms with van der Waals surface area (Å²) in [4.78, 5) is 12.0. The molecule has 1 amide bonds. The molecule has 6 nitrogen and oxygen atoms in total. The van der Waals surface area contributed by atoms with E-state index >= 15 is 0 Å². The van der Waals surface area contributed by atoms with E-state index in [0.29, 0.717) is 12.1 Å². The lowest BCUT2D eigenvalue weighted by Crippen LogP contribution is -2.54. The lowest BCUT2D eigenvalue weighted by Gasteiger charge is -2.34. The van der Waals surface area contributed by atoms with Crippen LogP contribution < -0.4 is 5.48 Å². The standard InChI is InChI=1S/C19H17F4NO5S/c20-16-6-3-13(11-15(16)19(21,22)23)12-1-4-14(5-2-12)30(27,28)18(17(25)24-26)7-9-29-10-8-18/h1-6,11,26H,7-10H2,(H,24,25). The van der Waals surface area contributed by atoms with E-state index < -0.39 is 38.0 Å². The number of alkyl halides is 3. The number of amides is 1. The van der Waals surface area contributed by atoms with Gasteiger partial charge in [-0.15, -0.1) is 0 Å². The summed E-state index contributed by atoms with van der Waals surface area (Å²) in [7, 11) is -4.26. The van der Waals surface area contributed by atoms with Crippen LogP contribution in [0.15, 0.2) is 47.4 Å². The maximum atomic E-state index is 13.5. The number of hydrogen-bond acceptors (Lipinski definition) is 5. The molecule has 2 aromatic carbocycles. The molecule has 0 aliphatic carbocycles. The summed E-state index contributed by atoms with van der Waals surface area (Å²) in [5, 5.41) is 9.04. The zero-order chi connectivity index (χ0) is 22.2. The van der Waals surface area contributed by atoms with Crippen LogP contribution in [-0.2, 0) is 25.5 Å². The fourth-order valence-corrected chi connectivity index (χ4v) is 5.33. The van der Waals surface area contributed by atoms with Crippen LogP contribution >= 0.6 is 0 Å². The van der Waals surface area contributed by atoms with Crippen LogP contribution in [0.5, 0.6) is 0 Å². The second-order valence-corrected chi connectivity index (χ2v) is 9.03. The number of benzene rings is 2. The average Bonchev–Trinajstić information content (AvgIpc) is 2.73. The van der Waals surface area contributed by atoms with Gasteiger partial charge >= 0.3 is 6.18 Å². The Kier molecular flexibility index (Phi) is 5.89. The Morgan fingerprint density at radius 1 is 1.03 bits per heavy atom. The molecule has 0 saturated carbocycles. The maximum absolute atomic E-state index is 13.5. The minimum absolute atomic E-state index is 0.000528. The first kappa shape index (κ1) is 22.2. The van der Waals surface area contributed by atoms with E-state index in [9.17, 15) is 30.8 Å². The second kappa shape index (κ2) is 7.97. The third kappa shape index (κ3) is 3.80. The van der Waals surface area contributed by atoms with Gasteiger partial charge in [-0.3, -0.25) is 10.0 Å². The minimum atomic E-state index is -4.88. The number of hydroxylamine groups is 1. The molecule has 1 heterocycles. The van der Waals surface area contributed by atoms with Crippen LogP contribution in [-0.4, -0.2) is 37.5 Å². The van der Waals surface area contributed by atoms with Gasteiger partial charge in [-0.2, -0.15) is 13.2 Å². The van der Waals surface area contributed by atoms with Crippen LogP contribution in [0.2, 0.25) is 0 Å². The van der Waals surface area contributed by atoms with Crippen molar-refractivity contribution in [1.82, 2.24) is 5.48 Å². The summed E-state index contributed by atoms with van der Waals surface area (Å²) in [6.45, 7) is 0.00106. The predicted octanol–water partition coefficient (Wildman–Crippen LogP) is 3.34. The highest BCUT2D eigenvalue weighted by Crippen LogP contribution is 2.37. The normalized spacial score (nSPS) is 16.8. The summed E-state index contributed by atoms with van der Waals surface area (Å²) in [5.74, 6) is -2.50. The first-order valence-corrected chi connectivity index (χ1v) is 10.3. The Labute approximate surface area is 169 Å². The average molecular weight is 447 g/mol. The number of rotatable bonds is 4. The number of halogens is 4. The van der Waals surface area contributed by atoms with Gasteiger partial charge in [0.15, 0.2) is 14.6 Å². The lowest BCUT2D eigenvalue weighted by atomic mass is 9.98. The van der Waals surface area contributed by atoms with Gasteiger partial charge in [0, 0.05) is 13.2 Å². The highest BCUT2D eigenvalue weighted by Gasteiger charge is 2.52. The number of carbonyl (C=O) groups is 1. The molecule has 0 aromatic heterocycles. The van der Waals surface area contributed by atoms with Gasteiger partial charge in [-0.05, 0) is 48.2 Å². The molecular weight excluding hydrogens is 430 g/mol. The zero-order valence-corrected chi connectivity index (χ0v) is 16.2. The summed E-state index contributed by atoms with van der Waals surface area (Å²) in [6, 6.07) is 7.32. The number of carbonyl (C=O) groups excluding carboxylic acids is 1. The van der Waals surface area contributed by atoms with E-state index in [0.717, 1.165) is 18.2 Å². The third-order valence-electron chi connectivity index (χ3n) is 5.10. The molecule has 2 aromatic rings. The van der Waals surface area contributed by atoms with E-state index in [4.69, 9.17) is 9.94 Å². The molecule has 2 N–H and O–H groups in total. The number of nitrogens with one attached hydrogen (secondary N) is 1. The molecular formula is C19H17F4NO5S. The van der Waals surface area contributed by atoms with Gasteiger partial charge in [0.25, 0.3) is 5.91 Å². The van der Waals surface area contributed by atoms with Gasteiger partial charge in [0.05, 0.1) is 10.5 Å². The highest BCUT2D eigenvalue weighted by molar-refractivity contribution is 7.93. The second-order valence-electron chi connectivity index (χ2n) is 6.77. The van der Waals surface area contributed by atoms with Crippen LogP contribution in [0.25, 0.3) is 11.1 Å². The van der Waals surface area contributed by atoms with Crippen molar-refractivity contribution in [1.29, 1.82) is 0 Å². The van der Waals surface area contributed by atoms with Crippen molar-refractivity contribution in [2.45, 2.75) is 28.7 Å². The Bertz CT molecular complexity index is 1050. The van der Waals surface area contributed by atoms with E-state index in [1.807, 2.05) is 0 Å². The van der Waals surface area contributed by atoms with Crippen LogP contribution in [0.3, 0.4) is 0 Å². The quantitative estimate of drug-likeness (QED) is 0.426. The lowest BCUT2D eigenvalue weighted by molar-refractivity contribution is -0.140. The van der Waals surface area contributed by atoms with Crippen molar-refractivity contribution < 1.29 is 40.7 Å². The minimum Gasteiger partial charge on any atom is -0.381 e. The number of hydrogen-bond donors (Lipinski definition) is 2. The van der Waals surface area contributed by atoms with Gasteiger partial charge in [0.1, 0.15) is 5.82 Å². The van der Waals surface area contributed by atoms with E-state index in [1.54, 1.807) is 0 Å². The molecule has 1 aliphatic rings. The van der Waals surface area contributed by atoms with Gasteiger partial charge in [-0.25, -0.2) is 18.3 Å². The summed E-state index contributed by atoms with van der Waals surface area (Å²) in [6.07, 6.45) is -5.22. The first-order valence-electron chi connectivity index (χ1n) is 8.77. The maximum Gasteiger partial charge on any atom is 0.419 e. The van der Waals surface area contributed by atoms with Crippen LogP contribution in [0.4, 0.5) is 17.6 Å². The number of sulfone groups is 1. The predicted molar refractivity (Wildman–Crippen MR) is 96.7 cm³/mol. The first-order chi connectivity index (χ1) is 14.0. The summed E-state index contributed by atoms with van der Waals surface area (Å²) >= 11 is 0. The summed E-state index contributed by atoms with van der Waals surface area (Å²) < 4.78 is 81.8. The molecule has 0 radical (unpaired) electrons. The zero-order valence-electron chi connectivity index (χ0n) is 15.4. The molecule has 162 valence electrons. The topological polar surface area (TPSA) is 92.7 Å². The molecule has 0 spiro atoms. The van der Waals surface area contributed by atoms with E-state index in [-0.39, 0.29) is 42.1 Å². The van der Waals surface area contributed by atoms with Crippen molar-refractivity contribution in [2.24, 2.45) is 0 Å². The van der Waals surface area contributed by atoms with Crippen molar-refractivity contribution in [2.75, 3.05) is 13.2 Å². The van der Waals surface area contributed by atoms with Gasteiger partial charge in [-0.1, -0.05) is 18.2 Å². The highest BCUT2D eigenvalue weighted by atomic mass is 32.2. The fourth-order valence-electron chi connectivity index (χ4n) is 3.40. The molecule has 1 saturated heterocycles. The Balaban J connectivity index is 2.00. The molecule has 0 unspecified atom stereocenters. The van der Waals surface area contributed by atoms with E-state index in [2.05, 4.69) is 0 Å². The third-order valence-corrected chi connectivity index (χ3v) is 7.62. The Morgan fingerprint density at radius 2 is 1.60 bits per heavy atom. The monoisotopic (exact) mass is 447 g/mol. The van der Waals surface area contributed by atoms with E-state index in [1.165, 1.54) is 17.6 Å². The smallest absolute Gasteiger partial charge is 0.381 e. The fraction of sp³-hybridized carbons (Fsp3) is 0.316. The van der Waals surface area contributed by atoms with Crippen molar-refractivity contribution >= 4 is 15.7 Å². The summed E-state index contributed by atoms with van der Waals surface area (Å²) in [5.41, 5.74) is 0.238. The molecule has 1 aliphatic heterocycles. The SMILES string of the molecule is O=C(NO)C1(S(=O)(=O)c2ccc(-c3ccc(F)c(C(F)(F)F)c3)cc2)CCOCC1.